The fraction of sp³-hybridized carbons (Fsp3) is 0.526. The lowest BCUT2D eigenvalue weighted by Crippen LogP contribution is -2.47. The van der Waals surface area contributed by atoms with E-state index in [2.05, 4.69) is 50.1 Å². The third-order valence-corrected chi connectivity index (χ3v) is 4.47. The van der Waals surface area contributed by atoms with Crippen LogP contribution in [0.15, 0.2) is 30.5 Å². The second kappa shape index (κ2) is 8.80. The summed E-state index contributed by atoms with van der Waals surface area (Å²) in [4.78, 5) is 20.6. The van der Waals surface area contributed by atoms with E-state index in [1.54, 1.807) is 0 Å². The van der Waals surface area contributed by atoms with Crippen LogP contribution in [-0.2, 0) is 0 Å². The first-order valence-electron chi connectivity index (χ1n) is 9.27. The van der Waals surface area contributed by atoms with Crippen LogP contribution in [-0.4, -0.2) is 73.2 Å². The number of hydrogen-bond donors (Lipinski definition) is 1. The van der Waals surface area contributed by atoms with E-state index >= 15 is 0 Å². The molecule has 1 fully saturated rings. The van der Waals surface area contributed by atoms with Crippen molar-refractivity contribution in [1.82, 2.24) is 19.9 Å². The number of hydrogen-bond acceptors (Lipinski definition) is 7. The average Bonchev–Trinajstić information content (AvgIpc) is 2.65. The van der Waals surface area contributed by atoms with Crippen molar-refractivity contribution in [2.45, 2.75) is 13.3 Å². The lowest BCUT2D eigenvalue weighted by molar-refractivity contribution is 0.405. The molecule has 0 unspecified atom stereocenters. The molecule has 0 amide bonds. The minimum atomic E-state index is 0.820. The second-order valence-corrected chi connectivity index (χ2v) is 6.94. The predicted octanol–water partition coefficient (Wildman–Crippen LogP) is 1.87. The van der Waals surface area contributed by atoms with E-state index in [-0.39, 0.29) is 0 Å². The van der Waals surface area contributed by atoms with Gasteiger partial charge in [-0.1, -0.05) is 6.07 Å². The SMILES string of the molecule is Cc1cc(NCCCN(C)C)nc(N2CCN(c3ccccn3)CC2)n1. The summed E-state index contributed by atoms with van der Waals surface area (Å²) in [6, 6.07) is 8.07. The Labute approximate surface area is 156 Å². The lowest BCUT2D eigenvalue weighted by atomic mass is 10.3. The van der Waals surface area contributed by atoms with Crippen molar-refractivity contribution in [3.63, 3.8) is 0 Å². The van der Waals surface area contributed by atoms with Gasteiger partial charge in [0, 0.05) is 50.7 Å². The van der Waals surface area contributed by atoms with Gasteiger partial charge in [0.2, 0.25) is 5.95 Å². The topological polar surface area (TPSA) is 60.4 Å². The molecular formula is C19H29N7. The number of piperazine rings is 1. The summed E-state index contributed by atoms with van der Waals surface area (Å²) in [5.74, 6) is 2.78. The van der Waals surface area contributed by atoms with Gasteiger partial charge in [-0.05, 0) is 46.1 Å². The molecule has 1 aliphatic heterocycles. The Morgan fingerprint density at radius 2 is 1.85 bits per heavy atom. The summed E-state index contributed by atoms with van der Waals surface area (Å²) in [7, 11) is 4.19. The Hall–Kier alpha value is -2.41. The molecule has 7 nitrogen and oxygen atoms in total. The van der Waals surface area contributed by atoms with E-state index in [1.165, 1.54) is 0 Å². The summed E-state index contributed by atoms with van der Waals surface area (Å²) < 4.78 is 0. The van der Waals surface area contributed by atoms with Gasteiger partial charge in [-0.15, -0.1) is 0 Å². The zero-order valence-corrected chi connectivity index (χ0v) is 16.0. The molecule has 1 aliphatic rings. The molecule has 7 heteroatoms. The number of rotatable bonds is 7. The number of aromatic nitrogens is 3. The van der Waals surface area contributed by atoms with Crippen LogP contribution in [0.2, 0.25) is 0 Å². The number of nitrogens with zero attached hydrogens (tertiary/aromatic N) is 6. The van der Waals surface area contributed by atoms with Crippen LogP contribution in [0.1, 0.15) is 12.1 Å². The van der Waals surface area contributed by atoms with Crippen molar-refractivity contribution in [2.24, 2.45) is 0 Å². The molecule has 3 rings (SSSR count). The number of pyridine rings is 1. The first kappa shape index (κ1) is 18.4. The van der Waals surface area contributed by atoms with E-state index in [1.807, 2.05) is 31.3 Å². The number of aryl methyl sites for hydroxylation is 1. The third kappa shape index (κ3) is 5.05. The highest BCUT2D eigenvalue weighted by Crippen LogP contribution is 2.18. The molecule has 26 heavy (non-hydrogen) atoms. The van der Waals surface area contributed by atoms with Gasteiger partial charge in [-0.3, -0.25) is 0 Å². The maximum absolute atomic E-state index is 4.73. The van der Waals surface area contributed by atoms with Gasteiger partial charge in [0.05, 0.1) is 0 Å². The smallest absolute Gasteiger partial charge is 0.227 e. The molecule has 0 aromatic carbocycles. The van der Waals surface area contributed by atoms with Crippen LogP contribution in [0.25, 0.3) is 0 Å². The first-order chi connectivity index (χ1) is 12.6. The zero-order chi connectivity index (χ0) is 18.4. The number of nitrogens with one attached hydrogen (secondary N) is 1. The molecule has 0 atom stereocenters. The maximum Gasteiger partial charge on any atom is 0.227 e. The zero-order valence-electron chi connectivity index (χ0n) is 16.0. The number of anilines is 3. The summed E-state index contributed by atoms with van der Waals surface area (Å²) >= 11 is 0. The van der Waals surface area contributed by atoms with Crippen LogP contribution < -0.4 is 15.1 Å². The Bertz CT molecular complexity index is 682. The summed E-state index contributed by atoms with van der Waals surface area (Å²) in [6.45, 7) is 7.68. The molecule has 0 bridgehead atoms. The van der Waals surface area contributed by atoms with Crippen LogP contribution in [0, 0.1) is 6.92 Å². The van der Waals surface area contributed by atoms with Gasteiger partial charge < -0.3 is 20.0 Å². The van der Waals surface area contributed by atoms with Gasteiger partial charge in [0.15, 0.2) is 0 Å². The van der Waals surface area contributed by atoms with Crippen LogP contribution in [0.4, 0.5) is 17.6 Å². The highest BCUT2D eigenvalue weighted by atomic mass is 15.3. The van der Waals surface area contributed by atoms with E-state index < -0.39 is 0 Å². The molecular weight excluding hydrogens is 326 g/mol. The van der Waals surface area contributed by atoms with Crippen molar-refractivity contribution in [1.29, 1.82) is 0 Å². The van der Waals surface area contributed by atoms with Crippen molar-refractivity contribution >= 4 is 17.6 Å². The van der Waals surface area contributed by atoms with Gasteiger partial charge in [0.25, 0.3) is 0 Å². The highest BCUT2D eigenvalue weighted by molar-refractivity contribution is 5.46. The third-order valence-electron chi connectivity index (χ3n) is 4.47. The van der Waals surface area contributed by atoms with Crippen LogP contribution in [0.3, 0.4) is 0 Å². The molecule has 0 saturated carbocycles. The molecule has 2 aromatic heterocycles. The van der Waals surface area contributed by atoms with Crippen molar-refractivity contribution in [3.8, 4) is 0 Å². The van der Waals surface area contributed by atoms with E-state index in [4.69, 9.17) is 4.98 Å². The quantitative estimate of drug-likeness (QED) is 0.761. The fourth-order valence-corrected chi connectivity index (χ4v) is 3.07. The summed E-state index contributed by atoms with van der Waals surface area (Å²) in [5.41, 5.74) is 0.997. The Morgan fingerprint density at radius 3 is 2.54 bits per heavy atom. The molecule has 0 aliphatic carbocycles. The van der Waals surface area contributed by atoms with E-state index in [9.17, 15) is 0 Å². The summed E-state index contributed by atoms with van der Waals surface area (Å²) in [6.07, 6.45) is 2.94. The van der Waals surface area contributed by atoms with Crippen molar-refractivity contribution in [2.75, 3.05) is 68.5 Å². The monoisotopic (exact) mass is 355 g/mol. The van der Waals surface area contributed by atoms with E-state index in [0.717, 1.165) is 69.0 Å². The fourth-order valence-electron chi connectivity index (χ4n) is 3.07. The van der Waals surface area contributed by atoms with Gasteiger partial charge in [-0.25, -0.2) is 9.97 Å². The Balaban J connectivity index is 1.57. The first-order valence-corrected chi connectivity index (χ1v) is 9.27. The van der Waals surface area contributed by atoms with Gasteiger partial charge in [0.1, 0.15) is 11.6 Å². The molecule has 0 radical (unpaired) electrons. The molecule has 140 valence electrons. The van der Waals surface area contributed by atoms with Crippen molar-refractivity contribution in [3.05, 3.63) is 36.2 Å². The van der Waals surface area contributed by atoms with Crippen LogP contribution in [0.5, 0.6) is 0 Å². The van der Waals surface area contributed by atoms with Gasteiger partial charge in [-0.2, -0.15) is 4.98 Å². The molecule has 1 N–H and O–H groups in total. The minimum absolute atomic E-state index is 0.820. The molecule has 0 spiro atoms. The predicted molar refractivity (Wildman–Crippen MR) is 107 cm³/mol. The second-order valence-electron chi connectivity index (χ2n) is 6.94. The highest BCUT2D eigenvalue weighted by Gasteiger charge is 2.20. The molecule has 1 saturated heterocycles. The maximum atomic E-state index is 4.73. The Kier molecular flexibility index (Phi) is 6.22. The standard InChI is InChI=1S/C19H29N7/c1-16-15-17(20-9-6-10-24(2)3)23-19(22-16)26-13-11-25(12-14-26)18-7-4-5-8-21-18/h4-5,7-8,15H,6,9-14H2,1-3H3,(H,20,22,23). The largest absolute Gasteiger partial charge is 0.370 e. The summed E-state index contributed by atoms with van der Waals surface area (Å²) in [5, 5.41) is 3.43. The average molecular weight is 355 g/mol. The molecule has 2 aromatic rings. The van der Waals surface area contributed by atoms with Gasteiger partial charge >= 0.3 is 0 Å². The Morgan fingerprint density at radius 1 is 1.08 bits per heavy atom. The van der Waals surface area contributed by atoms with Crippen LogP contribution >= 0.6 is 0 Å². The van der Waals surface area contributed by atoms with E-state index in [0.29, 0.717) is 0 Å². The minimum Gasteiger partial charge on any atom is -0.370 e. The van der Waals surface area contributed by atoms with Crippen molar-refractivity contribution < 1.29 is 0 Å². The normalized spacial score (nSPS) is 14.8. The lowest BCUT2D eigenvalue weighted by Gasteiger charge is -2.35. The molecule has 3 heterocycles.